The third kappa shape index (κ3) is 4.92. The zero-order valence-corrected chi connectivity index (χ0v) is 15.5. The summed E-state index contributed by atoms with van der Waals surface area (Å²) in [6, 6.07) is 3.03. The molecule has 2 rings (SSSR count). The van der Waals surface area contributed by atoms with Crippen LogP contribution in [-0.4, -0.2) is 60.7 Å². The van der Waals surface area contributed by atoms with E-state index >= 15 is 0 Å². The van der Waals surface area contributed by atoms with Crippen molar-refractivity contribution in [3.63, 3.8) is 0 Å². The van der Waals surface area contributed by atoms with E-state index in [1.54, 1.807) is 6.92 Å². The molecule has 0 aromatic heterocycles. The van der Waals surface area contributed by atoms with E-state index in [0.29, 0.717) is 6.42 Å². The molecule has 2 amide bonds. The molecule has 0 aliphatic carbocycles. The summed E-state index contributed by atoms with van der Waals surface area (Å²) in [6.45, 7) is 1.62. The van der Waals surface area contributed by atoms with E-state index in [-0.39, 0.29) is 40.9 Å². The number of amides is 2. The zero-order valence-electron chi connectivity index (χ0n) is 14.0. The Morgan fingerprint density at radius 1 is 1.42 bits per heavy atom. The van der Waals surface area contributed by atoms with Gasteiger partial charge in [-0.2, -0.15) is 0 Å². The van der Waals surface area contributed by atoms with Crippen LogP contribution in [0.2, 0.25) is 5.02 Å². The molecular weight excluding hydrogens is 386 g/mol. The van der Waals surface area contributed by atoms with Gasteiger partial charge in [-0.15, -0.1) is 0 Å². The Morgan fingerprint density at radius 2 is 2.12 bits per heavy atom. The molecule has 142 valence electrons. The predicted octanol–water partition coefficient (Wildman–Crippen LogP) is 1.01. The van der Waals surface area contributed by atoms with Gasteiger partial charge in [-0.1, -0.05) is 11.6 Å². The average molecular weight is 404 g/mol. The van der Waals surface area contributed by atoms with Gasteiger partial charge in [-0.05, 0) is 19.4 Å². The van der Waals surface area contributed by atoms with Crippen LogP contribution in [0.1, 0.15) is 23.7 Å². The number of carbonyl (C=O) groups excluding carboxylic acids is 2. The molecule has 0 saturated carbocycles. The minimum absolute atomic E-state index is 0.0345. The third-order valence-electron chi connectivity index (χ3n) is 3.99. The number of nitro groups is 1. The second-order valence-corrected chi connectivity index (χ2v) is 8.54. The van der Waals surface area contributed by atoms with Gasteiger partial charge in [0.15, 0.2) is 9.84 Å². The van der Waals surface area contributed by atoms with E-state index in [0.717, 1.165) is 12.1 Å². The van der Waals surface area contributed by atoms with Gasteiger partial charge in [0.25, 0.3) is 11.6 Å². The fourth-order valence-electron chi connectivity index (χ4n) is 2.64. The quantitative estimate of drug-likeness (QED) is 0.558. The van der Waals surface area contributed by atoms with Crippen molar-refractivity contribution in [1.82, 2.24) is 10.2 Å². The number of sulfone groups is 1. The van der Waals surface area contributed by atoms with Crippen molar-refractivity contribution in [3.05, 3.63) is 38.9 Å². The smallest absolute Gasteiger partial charge is 0.270 e. The number of carbonyl (C=O) groups is 2. The van der Waals surface area contributed by atoms with Gasteiger partial charge in [0.1, 0.15) is 0 Å². The van der Waals surface area contributed by atoms with Crippen LogP contribution in [0.5, 0.6) is 0 Å². The number of benzene rings is 1. The standard InChI is InChI=1S/C15H18ClN3O6S/c1-2-18(8-14(20)17-10-5-6-26(24,25)9-10)15(21)12-4-3-11(19(22)23)7-13(12)16/h3-4,7,10H,2,5-6,8-9H2,1H3,(H,17,20)/t10-/m1/s1. The number of nitrogens with one attached hydrogen (secondary N) is 1. The first-order valence-electron chi connectivity index (χ1n) is 7.86. The number of nitro benzene ring substituents is 1. The van der Waals surface area contributed by atoms with Crippen molar-refractivity contribution in [1.29, 1.82) is 0 Å². The first kappa shape index (κ1) is 20.1. The van der Waals surface area contributed by atoms with Crippen LogP contribution in [0.25, 0.3) is 0 Å². The molecule has 1 aromatic carbocycles. The Morgan fingerprint density at radius 3 is 2.62 bits per heavy atom. The highest BCUT2D eigenvalue weighted by atomic mass is 35.5. The largest absolute Gasteiger partial charge is 0.351 e. The Kier molecular flexibility index (Phi) is 6.19. The van der Waals surface area contributed by atoms with E-state index in [9.17, 15) is 28.1 Å². The lowest BCUT2D eigenvalue weighted by molar-refractivity contribution is -0.384. The van der Waals surface area contributed by atoms with Crippen molar-refractivity contribution in [2.45, 2.75) is 19.4 Å². The van der Waals surface area contributed by atoms with Crippen LogP contribution in [-0.2, 0) is 14.6 Å². The molecule has 0 spiro atoms. The van der Waals surface area contributed by atoms with Crippen LogP contribution >= 0.6 is 11.6 Å². The molecular formula is C15H18ClN3O6S. The highest BCUT2D eigenvalue weighted by molar-refractivity contribution is 7.91. The van der Waals surface area contributed by atoms with E-state index in [1.807, 2.05) is 0 Å². The normalized spacial score (nSPS) is 18.3. The molecule has 0 unspecified atom stereocenters. The number of nitrogens with zero attached hydrogens (tertiary/aromatic N) is 2. The summed E-state index contributed by atoms with van der Waals surface area (Å²) in [5, 5.41) is 13.3. The van der Waals surface area contributed by atoms with Crippen LogP contribution in [0, 0.1) is 10.1 Å². The zero-order chi connectivity index (χ0) is 19.5. The molecule has 0 bridgehead atoms. The molecule has 1 aromatic rings. The van der Waals surface area contributed by atoms with Gasteiger partial charge in [0.05, 0.1) is 33.6 Å². The summed E-state index contributed by atoms with van der Waals surface area (Å²) in [5.41, 5.74) is -0.190. The first-order chi connectivity index (χ1) is 12.1. The summed E-state index contributed by atoms with van der Waals surface area (Å²) in [7, 11) is -3.12. The molecule has 1 saturated heterocycles. The number of rotatable bonds is 6. The Balaban J connectivity index is 2.04. The number of likely N-dealkylation sites (N-methyl/N-ethyl adjacent to an activating group) is 1. The minimum Gasteiger partial charge on any atom is -0.351 e. The lowest BCUT2D eigenvalue weighted by Gasteiger charge is -2.22. The minimum atomic E-state index is -3.12. The molecule has 9 nitrogen and oxygen atoms in total. The van der Waals surface area contributed by atoms with Crippen LogP contribution in [0.15, 0.2) is 18.2 Å². The molecule has 1 fully saturated rings. The van der Waals surface area contributed by atoms with Crippen LogP contribution < -0.4 is 5.32 Å². The Hall–Kier alpha value is -2.20. The molecule has 0 radical (unpaired) electrons. The molecule has 1 heterocycles. The molecule has 26 heavy (non-hydrogen) atoms. The second-order valence-electron chi connectivity index (χ2n) is 5.91. The van der Waals surface area contributed by atoms with Gasteiger partial charge < -0.3 is 10.2 Å². The van der Waals surface area contributed by atoms with Crippen molar-refractivity contribution in [2.75, 3.05) is 24.6 Å². The second kappa shape index (κ2) is 8.00. The number of non-ortho nitro benzene ring substituents is 1. The summed E-state index contributed by atoms with van der Waals surface area (Å²) in [5.74, 6) is -1.08. The highest BCUT2D eigenvalue weighted by Gasteiger charge is 2.29. The average Bonchev–Trinajstić information content (AvgIpc) is 2.90. The molecule has 1 atom stereocenters. The maximum atomic E-state index is 12.5. The Bertz CT molecular complexity index is 842. The highest BCUT2D eigenvalue weighted by Crippen LogP contribution is 2.23. The van der Waals surface area contributed by atoms with Crippen LogP contribution in [0.3, 0.4) is 0 Å². The maximum Gasteiger partial charge on any atom is 0.270 e. The Labute approximate surface area is 155 Å². The summed E-state index contributed by atoms with van der Waals surface area (Å²) in [4.78, 5) is 36.0. The van der Waals surface area contributed by atoms with Gasteiger partial charge in [-0.25, -0.2) is 8.42 Å². The van der Waals surface area contributed by atoms with Crippen molar-refractivity contribution >= 4 is 38.9 Å². The summed E-state index contributed by atoms with van der Waals surface area (Å²) in [6.07, 6.45) is 0.350. The predicted molar refractivity (Wildman–Crippen MR) is 94.9 cm³/mol. The summed E-state index contributed by atoms with van der Waals surface area (Å²) < 4.78 is 22.9. The lowest BCUT2D eigenvalue weighted by Crippen LogP contribution is -2.44. The SMILES string of the molecule is CCN(CC(=O)N[C@@H]1CCS(=O)(=O)C1)C(=O)c1ccc([N+](=O)[O-])cc1Cl. The van der Waals surface area contributed by atoms with Gasteiger partial charge in [-0.3, -0.25) is 19.7 Å². The van der Waals surface area contributed by atoms with E-state index < -0.39 is 32.6 Å². The van der Waals surface area contributed by atoms with Crippen molar-refractivity contribution in [3.8, 4) is 0 Å². The molecule has 1 N–H and O–H groups in total. The van der Waals surface area contributed by atoms with Gasteiger partial charge in [0.2, 0.25) is 5.91 Å². The maximum absolute atomic E-state index is 12.5. The molecule has 1 aliphatic rings. The summed E-state index contributed by atoms with van der Waals surface area (Å²) >= 11 is 5.96. The van der Waals surface area contributed by atoms with Crippen molar-refractivity contribution < 1.29 is 22.9 Å². The van der Waals surface area contributed by atoms with Crippen LogP contribution in [0.4, 0.5) is 5.69 Å². The van der Waals surface area contributed by atoms with Crippen molar-refractivity contribution in [2.24, 2.45) is 0 Å². The lowest BCUT2D eigenvalue weighted by atomic mass is 10.1. The third-order valence-corrected chi connectivity index (χ3v) is 6.08. The number of halogens is 1. The molecule has 1 aliphatic heterocycles. The number of hydrogen-bond donors (Lipinski definition) is 1. The van der Waals surface area contributed by atoms with E-state index in [1.165, 1.54) is 11.0 Å². The number of hydrogen-bond acceptors (Lipinski definition) is 6. The van der Waals surface area contributed by atoms with Gasteiger partial charge >= 0.3 is 0 Å². The van der Waals surface area contributed by atoms with E-state index in [4.69, 9.17) is 11.6 Å². The van der Waals surface area contributed by atoms with Gasteiger partial charge in [0, 0.05) is 24.7 Å². The first-order valence-corrected chi connectivity index (χ1v) is 10.1. The fourth-order valence-corrected chi connectivity index (χ4v) is 4.57. The van der Waals surface area contributed by atoms with E-state index in [2.05, 4.69) is 5.32 Å². The topological polar surface area (TPSA) is 127 Å². The fraction of sp³-hybridized carbons (Fsp3) is 0.467. The molecule has 11 heteroatoms. The monoisotopic (exact) mass is 403 g/mol.